The molecule has 184 valence electrons. The summed E-state index contributed by atoms with van der Waals surface area (Å²) >= 11 is 12.0. The first-order valence-electron chi connectivity index (χ1n) is 10.6. The van der Waals surface area contributed by atoms with Crippen molar-refractivity contribution < 1.29 is 17.9 Å². The van der Waals surface area contributed by atoms with Gasteiger partial charge in [0.25, 0.3) is 15.9 Å². The number of benzene rings is 3. The number of nitrogens with one attached hydrogen (secondary N) is 1. The molecule has 0 aromatic heterocycles. The summed E-state index contributed by atoms with van der Waals surface area (Å²) in [4.78, 5) is 14.2. The highest BCUT2D eigenvalue weighted by molar-refractivity contribution is 7.90. The molecule has 0 heterocycles. The number of carbonyl (C=O) groups excluding carboxylic acids is 1. The molecule has 3 aromatic carbocycles. The van der Waals surface area contributed by atoms with Gasteiger partial charge in [-0.25, -0.2) is 0 Å². The molecule has 0 bridgehead atoms. The summed E-state index contributed by atoms with van der Waals surface area (Å²) in [7, 11) is 0.862. The van der Waals surface area contributed by atoms with Gasteiger partial charge in [-0.15, -0.1) is 4.40 Å². The van der Waals surface area contributed by atoms with Crippen molar-refractivity contribution in [2.75, 3.05) is 27.7 Å². The van der Waals surface area contributed by atoms with Crippen LogP contribution in [0.3, 0.4) is 0 Å². The summed E-state index contributed by atoms with van der Waals surface area (Å²) in [6, 6.07) is 16.8. The number of hydrogen-bond donors (Lipinski definition) is 1. The van der Waals surface area contributed by atoms with Crippen LogP contribution in [-0.2, 0) is 16.4 Å². The lowest BCUT2D eigenvalue weighted by Gasteiger charge is -2.13. The van der Waals surface area contributed by atoms with E-state index >= 15 is 0 Å². The van der Waals surface area contributed by atoms with Crippen LogP contribution in [0.1, 0.15) is 15.9 Å². The minimum Gasteiger partial charge on any atom is -0.496 e. The number of methoxy groups -OCH3 is 1. The number of carbonyl (C=O) groups is 1. The summed E-state index contributed by atoms with van der Waals surface area (Å²) in [6.45, 7) is 0.273. The van der Waals surface area contributed by atoms with Crippen LogP contribution >= 0.6 is 23.2 Å². The van der Waals surface area contributed by atoms with E-state index in [1.807, 2.05) is 6.07 Å². The molecule has 0 saturated heterocycles. The van der Waals surface area contributed by atoms with Crippen molar-refractivity contribution in [3.8, 4) is 16.9 Å². The molecule has 0 spiro atoms. The third-order valence-electron chi connectivity index (χ3n) is 5.00. The molecule has 0 atom stereocenters. The second kappa shape index (κ2) is 11.6. The fourth-order valence-electron chi connectivity index (χ4n) is 3.29. The maximum absolute atomic E-state index is 13.1. The van der Waals surface area contributed by atoms with Crippen molar-refractivity contribution in [1.82, 2.24) is 10.2 Å². The largest absolute Gasteiger partial charge is 0.496 e. The van der Waals surface area contributed by atoms with Crippen LogP contribution in [0.25, 0.3) is 11.1 Å². The fourth-order valence-corrected chi connectivity index (χ4v) is 4.78. The first-order chi connectivity index (χ1) is 16.6. The predicted octanol–water partition coefficient (Wildman–Crippen LogP) is 4.92. The molecule has 3 rings (SSSR count). The average Bonchev–Trinajstić information content (AvgIpc) is 2.83. The molecule has 7 nitrogen and oxygen atoms in total. The standard InChI is InChI=1S/C25H25Cl2N3O4S/c1-30(2)16-29-35(32,33)24-14-17(4-10-21(24)18-5-7-19(26)8-6-18)12-13-28-25(31)22-15-20(27)9-11-23(22)34-3/h4-11,14-16H,12-13H2,1-3H3,(H,28,31). The molecule has 0 unspecified atom stereocenters. The lowest BCUT2D eigenvalue weighted by molar-refractivity contribution is 0.0951. The lowest BCUT2D eigenvalue weighted by Crippen LogP contribution is -2.26. The van der Waals surface area contributed by atoms with Gasteiger partial charge in [0.05, 0.1) is 17.6 Å². The summed E-state index contributed by atoms with van der Waals surface area (Å²) in [5.41, 5.74) is 2.24. The van der Waals surface area contributed by atoms with Gasteiger partial charge in [0.2, 0.25) is 0 Å². The molecule has 0 aliphatic rings. The zero-order valence-corrected chi connectivity index (χ0v) is 21.8. The van der Waals surface area contributed by atoms with E-state index < -0.39 is 10.0 Å². The molecular weight excluding hydrogens is 509 g/mol. The van der Waals surface area contributed by atoms with E-state index in [0.29, 0.717) is 38.9 Å². The van der Waals surface area contributed by atoms with Gasteiger partial charge in [-0.2, -0.15) is 8.42 Å². The van der Waals surface area contributed by atoms with Crippen LogP contribution in [0.2, 0.25) is 10.0 Å². The Morgan fingerprint density at radius 2 is 1.71 bits per heavy atom. The SMILES string of the molecule is COc1ccc(Cl)cc1C(=O)NCCc1ccc(-c2ccc(Cl)cc2)c(S(=O)(=O)N=CN(C)C)c1. The monoisotopic (exact) mass is 533 g/mol. The first kappa shape index (κ1) is 26.5. The number of halogens is 2. The summed E-state index contributed by atoms with van der Waals surface area (Å²) in [5, 5.41) is 3.79. The topological polar surface area (TPSA) is 88.1 Å². The summed E-state index contributed by atoms with van der Waals surface area (Å²) in [6.07, 6.45) is 1.64. The third-order valence-corrected chi connectivity index (χ3v) is 6.75. The number of rotatable bonds is 9. The summed E-state index contributed by atoms with van der Waals surface area (Å²) < 4.78 is 35.2. The van der Waals surface area contributed by atoms with Gasteiger partial charge in [0.1, 0.15) is 12.1 Å². The average molecular weight is 534 g/mol. The molecule has 0 aliphatic heterocycles. The van der Waals surface area contributed by atoms with E-state index in [-0.39, 0.29) is 17.3 Å². The quantitative estimate of drug-likeness (QED) is 0.311. The van der Waals surface area contributed by atoms with Gasteiger partial charge in [0, 0.05) is 36.2 Å². The van der Waals surface area contributed by atoms with Crippen LogP contribution < -0.4 is 10.1 Å². The van der Waals surface area contributed by atoms with Gasteiger partial charge in [0.15, 0.2) is 0 Å². The molecule has 0 fully saturated rings. The zero-order chi connectivity index (χ0) is 25.6. The first-order valence-corrected chi connectivity index (χ1v) is 12.8. The molecule has 10 heteroatoms. The van der Waals surface area contributed by atoms with E-state index in [1.54, 1.807) is 67.5 Å². The second-order valence-corrected chi connectivity index (χ2v) is 10.3. The van der Waals surface area contributed by atoms with E-state index in [1.165, 1.54) is 19.5 Å². The number of ether oxygens (including phenoxy) is 1. The van der Waals surface area contributed by atoms with Gasteiger partial charge in [-0.1, -0.05) is 47.5 Å². The van der Waals surface area contributed by atoms with Crippen LogP contribution in [0, 0.1) is 0 Å². The minimum atomic E-state index is -3.99. The highest BCUT2D eigenvalue weighted by Gasteiger charge is 2.20. The van der Waals surface area contributed by atoms with Crippen molar-refractivity contribution in [3.05, 3.63) is 81.8 Å². The third kappa shape index (κ3) is 6.97. The smallest absolute Gasteiger partial charge is 0.284 e. The maximum Gasteiger partial charge on any atom is 0.284 e. The molecule has 35 heavy (non-hydrogen) atoms. The van der Waals surface area contributed by atoms with E-state index in [4.69, 9.17) is 27.9 Å². The number of amides is 1. The second-order valence-electron chi connectivity index (χ2n) is 7.85. The minimum absolute atomic E-state index is 0.0678. The predicted molar refractivity (Wildman–Crippen MR) is 140 cm³/mol. The molecule has 1 N–H and O–H groups in total. The number of sulfonamides is 1. The Morgan fingerprint density at radius 1 is 1.03 bits per heavy atom. The van der Waals surface area contributed by atoms with E-state index in [9.17, 15) is 13.2 Å². The maximum atomic E-state index is 13.1. The molecule has 0 saturated carbocycles. The van der Waals surface area contributed by atoms with Gasteiger partial charge in [-0.05, 0) is 53.9 Å². The Labute approximate surface area is 215 Å². The van der Waals surface area contributed by atoms with Crippen LogP contribution in [-0.4, -0.2) is 53.3 Å². The van der Waals surface area contributed by atoms with Gasteiger partial charge < -0.3 is 15.0 Å². The van der Waals surface area contributed by atoms with Crippen molar-refractivity contribution in [2.24, 2.45) is 4.40 Å². The lowest BCUT2D eigenvalue weighted by atomic mass is 10.0. The fraction of sp³-hybridized carbons (Fsp3) is 0.200. The molecular formula is C25H25Cl2N3O4S. The molecule has 0 radical (unpaired) electrons. The van der Waals surface area contributed by atoms with Crippen LogP contribution in [0.5, 0.6) is 5.75 Å². The van der Waals surface area contributed by atoms with E-state index in [0.717, 1.165) is 5.56 Å². The van der Waals surface area contributed by atoms with Crippen LogP contribution in [0.15, 0.2) is 70.0 Å². The normalized spacial score (nSPS) is 11.5. The van der Waals surface area contributed by atoms with Crippen molar-refractivity contribution >= 4 is 45.5 Å². The van der Waals surface area contributed by atoms with Crippen molar-refractivity contribution in [3.63, 3.8) is 0 Å². The molecule has 0 aliphatic carbocycles. The zero-order valence-electron chi connectivity index (χ0n) is 19.5. The highest BCUT2D eigenvalue weighted by Crippen LogP contribution is 2.31. The number of hydrogen-bond acceptors (Lipinski definition) is 4. The molecule has 3 aromatic rings. The van der Waals surface area contributed by atoms with E-state index in [2.05, 4.69) is 9.71 Å². The van der Waals surface area contributed by atoms with Crippen LogP contribution in [0.4, 0.5) is 0 Å². The Balaban J connectivity index is 1.86. The summed E-state index contributed by atoms with van der Waals surface area (Å²) in [5.74, 6) is 0.0666. The Morgan fingerprint density at radius 3 is 2.37 bits per heavy atom. The van der Waals surface area contributed by atoms with Crippen molar-refractivity contribution in [1.29, 1.82) is 0 Å². The van der Waals surface area contributed by atoms with Gasteiger partial charge >= 0.3 is 0 Å². The van der Waals surface area contributed by atoms with Crippen molar-refractivity contribution in [2.45, 2.75) is 11.3 Å². The molecule has 1 amide bonds. The Bertz CT molecular complexity index is 1340. The Hall–Kier alpha value is -3.07. The Kier molecular flexibility index (Phi) is 8.77. The number of nitrogens with zero attached hydrogens (tertiary/aromatic N) is 2. The highest BCUT2D eigenvalue weighted by atomic mass is 35.5. The van der Waals surface area contributed by atoms with Gasteiger partial charge in [-0.3, -0.25) is 4.79 Å².